The van der Waals surface area contributed by atoms with Gasteiger partial charge in [0.15, 0.2) is 0 Å². The third-order valence-corrected chi connectivity index (χ3v) is 2.61. The van der Waals surface area contributed by atoms with Crippen molar-refractivity contribution in [3.63, 3.8) is 0 Å². The standard InChI is InChI=1S/C9H20BrNO/c1-4-5-11(8(2)3)7-9(12)6-10/h8-9,12H,4-7H2,1-3H3. The highest BCUT2D eigenvalue weighted by Gasteiger charge is 2.12. The number of hydrogen-bond acceptors (Lipinski definition) is 2. The Balaban J connectivity index is 3.77. The van der Waals surface area contributed by atoms with Gasteiger partial charge in [-0.2, -0.15) is 0 Å². The Morgan fingerprint density at radius 2 is 2.00 bits per heavy atom. The summed E-state index contributed by atoms with van der Waals surface area (Å²) in [7, 11) is 0. The molecule has 0 aromatic carbocycles. The van der Waals surface area contributed by atoms with E-state index in [4.69, 9.17) is 0 Å². The minimum Gasteiger partial charge on any atom is -0.391 e. The lowest BCUT2D eigenvalue weighted by Gasteiger charge is -2.27. The highest BCUT2D eigenvalue weighted by Crippen LogP contribution is 2.02. The van der Waals surface area contributed by atoms with E-state index < -0.39 is 0 Å². The van der Waals surface area contributed by atoms with Gasteiger partial charge in [0.1, 0.15) is 0 Å². The average molecular weight is 238 g/mol. The molecular formula is C9H20BrNO. The normalized spacial score (nSPS) is 14.2. The van der Waals surface area contributed by atoms with E-state index in [1.807, 2.05) is 0 Å². The van der Waals surface area contributed by atoms with E-state index in [0.717, 1.165) is 19.5 Å². The zero-order chi connectivity index (χ0) is 9.56. The van der Waals surface area contributed by atoms with E-state index in [-0.39, 0.29) is 6.10 Å². The SMILES string of the molecule is CCCN(CC(O)CBr)C(C)C. The third kappa shape index (κ3) is 5.12. The molecule has 0 saturated heterocycles. The lowest BCUT2D eigenvalue weighted by atomic mass is 10.2. The first-order valence-electron chi connectivity index (χ1n) is 4.59. The van der Waals surface area contributed by atoms with Crippen LogP contribution in [0.1, 0.15) is 27.2 Å². The van der Waals surface area contributed by atoms with Crippen LogP contribution in [0.3, 0.4) is 0 Å². The van der Waals surface area contributed by atoms with Gasteiger partial charge in [-0.3, -0.25) is 4.90 Å². The molecule has 1 unspecified atom stereocenters. The minimum atomic E-state index is -0.237. The van der Waals surface area contributed by atoms with Gasteiger partial charge in [-0.05, 0) is 26.8 Å². The summed E-state index contributed by atoms with van der Waals surface area (Å²) in [5, 5.41) is 10.1. The van der Waals surface area contributed by atoms with Crippen LogP contribution < -0.4 is 0 Å². The van der Waals surface area contributed by atoms with Crippen molar-refractivity contribution in [2.45, 2.75) is 39.3 Å². The van der Waals surface area contributed by atoms with E-state index in [1.165, 1.54) is 0 Å². The number of rotatable bonds is 6. The van der Waals surface area contributed by atoms with Gasteiger partial charge in [0.2, 0.25) is 0 Å². The van der Waals surface area contributed by atoms with Crippen molar-refractivity contribution in [1.82, 2.24) is 4.90 Å². The molecule has 0 aliphatic carbocycles. The van der Waals surface area contributed by atoms with Crippen LogP contribution >= 0.6 is 15.9 Å². The fraction of sp³-hybridized carbons (Fsp3) is 1.00. The van der Waals surface area contributed by atoms with Crippen LogP contribution in [0.25, 0.3) is 0 Å². The number of hydrogen-bond donors (Lipinski definition) is 1. The molecule has 1 atom stereocenters. The maximum absolute atomic E-state index is 9.42. The van der Waals surface area contributed by atoms with E-state index in [9.17, 15) is 5.11 Å². The zero-order valence-corrected chi connectivity index (χ0v) is 9.84. The van der Waals surface area contributed by atoms with Crippen LogP contribution in [0.5, 0.6) is 0 Å². The van der Waals surface area contributed by atoms with Crippen molar-refractivity contribution in [2.75, 3.05) is 18.4 Å². The highest BCUT2D eigenvalue weighted by molar-refractivity contribution is 9.09. The summed E-state index contributed by atoms with van der Waals surface area (Å²) in [4.78, 5) is 2.30. The summed E-state index contributed by atoms with van der Waals surface area (Å²) < 4.78 is 0. The van der Waals surface area contributed by atoms with Crippen LogP contribution in [0, 0.1) is 0 Å². The average Bonchev–Trinajstić information content (AvgIpc) is 2.03. The maximum Gasteiger partial charge on any atom is 0.0763 e. The number of nitrogens with zero attached hydrogens (tertiary/aromatic N) is 1. The van der Waals surface area contributed by atoms with Gasteiger partial charge in [-0.1, -0.05) is 22.9 Å². The van der Waals surface area contributed by atoms with Crippen LogP contribution in [-0.2, 0) is 0 Å². The first-order valence-corrected chi connectivity index (χ1v) is 5.72. The summed E-state index contributed by atoms with van der Waals surface area (Å²) in [5.41, 5.74) is 0. The molecule has 0 aromatic heterocycles. The maximum atomic E-state index is 9.42. The lowest BCUT2D eigenvalue weighted by Crippen LogP contribution is -2.38. The first-order chi connectivity index (χ1) is 5.61. The molecule has 74 valence electrons. The summed E-state index contributed by atoms with van der Waals surface area (Å²) in [6.07, 6.45) is 0.909. The van der Waals surface area contributed by atoms with Gasteiger partial charge >= 0.3 is 0 Å². The summed E-state index contributed by atoms with van der Waals surface area (Å²) in [5.74, 6) is 0. The molecule has 2 nitrogen and oxygen atoms in total. The van der Waals surface area contributed by atoms with Crippen LogP contribution in [-0.4, -0.2) is 40.6 Å². The van der Waals surface area contributed by atoms with Gasteiger partial charge in [0.25, 0.3) is 0 Å². The van der Waals surface area contributed by atoms with Gasteiger partial charge in [-0.25, -0.2) is 0 Å². The highest BCUT2D eigenvalue weighted by atomic mass is 79.9. The van der Waals surface area contributed by atoms with E-state index in [2.05, 4.69) is 41.6 Å². The van der Waals surface area contributed by atoms with Crippen molar-refractivity contribution in [2.24, 2.45) is 0 Å². The molecule has 0 aliphatic rings. The van der Waals surface area contributed by atoms with Crippen LogP contribution in [0.2, 0.25) is 0 Å². The Labute approximate surface area is 84.1 Å². The van der Waals surface area contributed by atoms with Crippen molar-refractivity contribution < 1.29 is 5.11 Å². The third-order valence-electron chi connectivity index (χ3n) is 1.86. The molecule has 0 aliphatic heterocycles. The number of alkyl halides is 1. The van der Waals surface area contributed by atoms with Gasteiger partial charge in [0.05, 0.1) is 6.10 Å². The molecule has 0 fully saturated rings. The molecule has 0 radical (unpaired) electrons. The molecular weight excluding hydrogens is 218 g/mol. The topological polar surface area (TPSA) is 23.5 Å². The summed E-state index contributed by atoms with van der Waals surface area (Å²) in [6.45, 7) is 8.33. The predicted molar refractivity (Wildman–Crippen MR) is 56.8 cm³/mol. The number of aliphatic hydroxyl groups excluding tert-OH is 1. The quantitative estimate of drug-likeness (QED) is 0.714. The van der Waals surface area contributed by atoms with Gasteiger partial charge < -0.3 is 5.11 Å². The van der Waals surface area contributed by atoms with Crippen LogP contribution in [0.4, 0.5) is 0 Å². The molecule has 12 heavy (non-hydrogen) atoms. The Kier molecular flexibility index (Phi) is 7.10. The fourth-order valence-corrected chi connectivity index (χ4v) is 1.37. The molecule has 0 amide bonds. The number of aliphatic hydroxyl groups is 1. The van der Waals surface area contributed by atoms with Crippen molar-refractivity contribution >= 4 is 15.9 Å². The molecule has 0 aromatic rings. The van der Waals surface area contributed by atoms with E-state index >= 15 is 0 Å². The lowest BCUT2D eigenvalue weighted by molar-refractivity contribution is 0.111. The first kappa shape index (κ1) is 12.4. The second kappa shape index (κ2) is 6.87. The summed E-state index contributed by atoms with van der Waals surface area (Å²) in [6, 6.07) is 0.527. The summed E-state index contributed by atoms with van der Waals surface area (Å²) >= 11 is 3.27. The fourth-order valence-electron chi connectivity index (χ4n) is 1.17. The van der Waals surface area contributed by atoms with Crippen molar-refractivity contribution in [3.8, 4) is 0 Å². The molecule has 0 spiro atoms. The molecule has 0 bridgehead atoms. The number of halogens is 1. The van der Waals surface area contributed by atoms with Crippen molar-refractivity contribution in [1.29, 1.82) is 0 Å². The zero-order valence-electron chi connectivity index (χ0n) is 8.26. The molecule has 0 rings (SSSR count). The van der Waals surface area contributed by atoms with Crippen molar-refractivity contribution in [3.05, 3.63) is 0 Å². The molecule has 1 N–H and O–H groups in total. The molecule has 0 saturated carbocycles. The Bertz CT molecular complexity index is 109. The molecule has 3 heteroatoms. The van der Waals surface area contributed by atoms with Crippen LogP contribution in [0.15, 0.2) is 0 Å². The second-order valence-electron chi connectivity index (χ2n) is 3.40. The Morgan fingerprint density at radius 1 is 1.42 bits per heavy atom. The molecule has 0 heterocycles. The minimum absolute atomic E-state index is 0.237. The van der Waals surface area contributed by atoms with Gasteiger partial charge in [-0.15, -0.1) is 0 Å². The monoisotopic (exact) mass is 237 g/mol. The Morgan fingerprint density at radius 3 is 2.33 bits per heavy atom. The van der Waals surface area contributed by atoms with E-state index in [0.29, 0.717) is 11.4 Å². The second-order valence-corrected chi connectivity index (χ2v) is 4.04. The predicted octanol–water partition coefficient (Wildman–Crippen LogP) is 1.86. The Hall–Kier alpha value is 0.400. The van der Waals surface area contributed by atoms with E-state index in [1.54, 1.807) is 0 Å². The van der Waals surface area contributed by atoms with Gasteiger partial charge in [0, 0.05) is 17.9 Å². The smallest absolute Gasteiger partial charge is 0.0763 e. The largest absolute Gasteiger partial charge is 0.391 e.